The molecule has 1 unspecified atom stereocenters. The zero-order valence-electron chi connectivity index (χ0n) is 11.4. The number of rotatable bonds is 8. The molecule has 0 aliphatic carbocycles. The van der Waals surface area contributed by atoms with Crippen LogP contribution in [0.1, 0.15) is 48.3 Å². The minimum Gasteiger partial charge on any atom is -0.439 e. The standard InChI is InChI=1S/C15H21NO3/c1-2-3-10-18-11-6-9-16-14-12-7-4-5-8-13(12)15(17)19-14/h4-5,7-8,14,16H,2-3,6,9-11H2,1H3. The van der Waals surface area contributed by atoms with Crippen LogP contribution in [0, 0.1) is 0 Å². The van der Waals surface area contributed by atoms with Gasteiger partial charge in [-0.05, 0) is 18.9 Å². The van der Waals surface area contributed by atoms with Gasteiger partial charge in [-0.15, -0.1) is 0 Å². The quantitative estimate of drug-likeness (QED) is 0.578. The second kappa shape index (κ2) is 7.26. The Hall–Kier alpha value is -1.39. The SMILES string of the molecule is CCCCOCCCNC1OC(=O)c2ccccc21. The van der Waals surface area contributed by atoms with Gasteiger partial charge in [0.25, 0.3) is 0 Å². The number of benzene rings is 1. The van der Waals surface area contributed by atoms with Crippen molar-refractivity contribution < 1.29 is 14.3 Å². The Kier molecular flexibility index (Phi) is 5.36. The fraction of sp³-hybridized carbons (Fsp3) is 0.533. The summed E-state index contributed by atoms with van der Waals surface area (Å²) < 4.78 is 10.8. The summed E-state index contributed by atoms with van der Waals surface area (Å²) in [6, 6.07) is 7.50. The van der Waals surface area contributed by atoms with E-state index in [0.29, 0.717) is 5.56 Å². The third-order valence-corrected chi connectivity index (χ3v) is 3.13. The molecule has 1 aromatic rings. The Bertz CT molecular complexity index is 420. The second-order valence-corrected chi connectivity index (χ2v) is 4.65. The molecule has 19 heavy (non-hydrogen) atoms. The van der Waals surface area contributed by atoms with E-state index in [1.165, 1.54) is 0 Å². The first kappa shape index (κ1) is 14.0. The van der Waals surface area contributed by atoms with Gasteiger partial charge in [0.05, 0.1) is 5.56 Å². The predicted molar refractivity (Wildman–Crippen MR) is 72.9 cm³/mol. The summed E-state index contributed by atoms with van der Waals surface area (Å²) >= 11 is 0. The molecule has 0 spiro atoms. The van der Waals surface area contributed by atoms with Crippen molar-refractivity contribution in [1.82, 2.24) is 5.32 Å². The van der Waals surface area contributed by atoms with Crippen LogP contribution in [0.3, 0.4) is 0 Å². The highest BCUT2D eigenvalue weighted by Gasteiger charge is 2.29. The van der Waals surface area contributed by atoms with Crippen LogP contribution >= 0.6 is 0 Å². The summed E-state index contributed by atoms with van der Waals surface area (Å²) in [6.45, 7) is 4.50. The van der Waals surface area contributed by atoms with Gasteiger partial charge < -0.3 is 9.47 Å². The molecule has 0 bridgehead atoms. The van der Waals surface area contributed by atoms with E-state index < -0.39 is 0 Å². The first-order chi connectivity index (χ1) is 9.33. The molecule has 4 heteroatoms. The summed E-state index contributed by atoms with van der Waals surface area (Å²) in [7, 11) is 0. The Balaban J connectivity index is 1.69. The Morgan fingerprint density at radius 3 is 2.89 bits per heavy atom. The van der Waals surface area contributed by atoms with Gasteiger partial charge in [0, 0.05) is 25.3 Å². The van der Waals surface area contributed by atoms with Crippen LogP contribution in [-0.2, 0) is 9.47 Å². The molecule has 1 heterocycles. The Morgan fingerprint density at radius 1 is 1.26 bits per heavy atom. The van der Waals surface area contributed by atoms with Gasteiger partial charge >= 0.3 is 5.97 Å². The maximum Gasteiger partial charge on any atom is 0.340 e. The smallest absolute Gasteiger partial charge is 0.340 e. The van der Waals surface area contributed by atoms with Crippen molar-refractivity contribution in [2.45, 2.75) is 32.4 Å². The summed E-state index contributed by atoms with van der Waals surface area (Å²) in [5, 5.41) is 3.24. The van der Waals surface area contributed by atoms with Crippen LogP contribution in [0.15, 0.2) is 24.3 Å². The van der Waals surface area contributed by atoms with Gasteiger partial charge in [-0.3, -0.25) is 5.32 Å². The lowest BCUT2D eigenvalue weighted by atomic mass is 10.1. The van der Waals surface area contributed by atoms with Crippen molar-refractivity contribution in [1.29, 1.82) is 0 Å². The summed E-state index contributed by atoms with van der Waals surface area (Å²) in [4.78, 5) is 11.6. The van der Waals surface area contributed by atoms with Crippen LogP contribution < -0.4 is 5.32 Å². The van der Waals surface area contributed by atoms with Gasteiger partial charge in [0.1, 0.15) is 0 Å². The molecule has 1 N–H and O–H groups in total. The minimum atomic E-state index is -0.306. The second-order valence-electron chi connectivity index (χ2n) is 4.65. The van der Waals surface area contributed by atoms with E-state index in [0.717, 1.165) is 44.6 Å². The largest absolute Gasteiger partial charge is 0.439 e. The number of hydrogen-bond donors (Lipinski definition) is 1. The first-order valence-corrected chi connectivity index (χ1v) is 6.94. The number of esters is 1. The van der Waals surface area contributed by atoms with Crippen LogP contribution in [-0.4, -0.2) is 25.7 Å². The van der Waals surface area contributed by atoms with Gasteiger partial charge in [-0.2, -0.15) is 0 Å². The summed E-state index contributed by atoms with van der Waals surface area (Å²) in [5.41, 5.74) is 1.60. The van der Waals surface area contributed by atoms with Crippen molar-refractivity contribution in [2.75, 3.05) is 19.8 Å². The van der Waals surface area contributed by atoms with E-state index in [9.17, 15) is 4.79 Å². The van der Waals surface area contributed by atoms with Crippen LogP contribution in [0.4, 0.5) is 0 Å². The number of ether oxygens (including phenoxy) is 2. The monoisotopic (exact) mass is 263 g/mol. The molecule has 0 radical (unpaired) electrons. The molecular weight excluding hydrogens is 242 g/mol. The average Bonchev–Trinajstić information content (AvgIpc) is 2.75. The van der Waals surface area contributed by atoms with E-state index in [1.807, 2.05) is 18.2 Å². The molecule has 0 aromatic heterocycles. The molecule has 4 nitrogen and oxygen atoms in total. The fourth-order valence-electron chi connectivity index (χ4n) is 2.05. The van der Waals surface area contributed by atoms with Crippen molar-refractivity contribution in [3.05, 3.63) is 35.4 Å². The number of unbranched alkanes of at least 4 members (excludes halogenated alkanes) is 1. The highest BCUT2D eigenvalue weighted by molar-refractivity contribution is 5.93. The van der Waals surface area contributed by atoms with Gasteiger partial charge in [0.15, 0.2) is 6.23 Å². The lowest BCUT2D eigenvalue weighted by Crippen LogP contribution is -2.23. The van der Waals surface area contributed by atoms with Crippen LogP contribution in [0.2, 0.25) is 0 Å². The molecule has 0 saturated heterocycles. The highest BCUT2D eigenvalue weighted by Crippen LogP contribution is 2.27. The fourth-order valence-corrected chi connectivity index (χ4v) is 2.05. The zero-order valence-corrected chi connectivity index (χ0v) is 11.4. The van der Waals surface area contributed by atoms with Crippen molar-refractivity contribution in [2.24, 2.45) is 0 Å². The maximum atomic E-state index is 11.6. The minimum absolute atomic E-state index is 0.243. The van der Waals surface area contributed by atoms with Crippen molar-refractivity contribution >= 4 is 5.97 Å². The average molecular weight is 263 g/mol. The third-order valence-electron chi connectivity index (χ3n) is 3.13. The normalized spacial score (nSPS) is 17.3. The van der Waals surface area contributed by atoms with E-state index in [1.54, 1.807) is 6.07 Å². The topological polar surface area (TPSA) is 47.6 Å². The molecule has 104 valence electrons. The molecule has 0 saturated carbocycles. The third kappa shape index (κ3) is 3.78. The molecule has 0 amide bonds. The number of carbonyl (C=O) groups excluding carboxylic acids is 1. The van der Waals surface area contributed by atoms with E-state index >= 15 is 0 Å². The number of nitrogens with one attached hydrogen (secondary N) is 1. The first-order valence-electron chi connectivity index (χ1n) is 6.94. The number of cyclic esters (lactones) is 1. The molecular formula is C15H21NO3. The van der Waals surface area contributed by atoms with Gasteiger partial charge in [0.2, 0.25) is 0 Å². The van der Waals surface area contributed by atoms with Crippen LogP contribution in [0.5, 0.6) is 0 Å². The predicted octanol–water partition coefficient (Wildman–Crippen LogP) is 2.65. The van der Waals surface area contributed by atoms with Crippen molar-refractivity contribution in [3.8, 4) is 0 Å². The van der Waals surface area contributed by atoms with Gasteiger partial charge in [-0.1, -0.05) is 31.5 Å². The molecule has 2 rings (SSSR count). The summed E-state index contributed by atoms with van der Waals surface area (Å²) in [6.07, 6.45) is 2.88. The lowest BCUT2D eigenvalue weighted by molar-refractivity contribution is 0.0301. The number of hydrogen-bond acceptors (Lipinski definition) is 4. The Labute approximate surface area is 114 Å². The van der Waals surface area contributed by atoms with E-state index in [2.05, 4.69) is 12.2 Å². The van der Waals surface area contributed by atoms with Gasteiger partial charge in [-0.25, -0.2) is 4.79 Å². The van der Waals surface area contributed by atoms with Crippen LogP contribution in [0.25, 0.3) is 0 Å². The molecule has 0 fully saturated rings. The van der Waals surface area contributed by atoms with Crippen molar-refractivity contribution in [3.63, 3.8) is 0 Å². The van der Waals surface area contributed by atoms with E-state index in [4.69, 9.17) is 9.47 Å². The zero-order chi connectivity index (χ0) is 13.5. The van der Waals surface area contributed by atoms with E-state index in [-0.39, 0.29) is 12.2 Å². The Morgan fingerprint density at radius 2 is 2.05 bits per heavy atom. The maximum absolute atomic E-state index is 11.6. The number of carbonyl (C=O) groups is 1. The molecule has 1 atom stereocenters. The lowest BCUT2D eigenvalue weighted by Gasteiger charge is -2.12. The molecule has 1 aliphatic rings. The molecule has 1 aliphatic heterocycles. The number of fused-ring (bicyclic) bond motifs is 1. The molecule has 1 aromatic carbocycles. The summed E-state index contributed by atoms with van der Waals surface area (Å²) in [5.74, 6) is -0.243. The highest BCUT2D eigenvalue weighted by atomic mass is 16.6.